The summed E-state index contributed by atoms with van der Waals surface area (Å²) in [5.41, 5.74) is 4.81. The van der Waals surface area contributed by atoms with Gasteiger partial charge in [-0.2, -0.15) is 0 Å². The summed E-state index contributed by atoms with van der Waals surface area (Å²) in [5.74, 6) is 3.60. The zero-order chi connectivity index (χ0) is 21.2. The van der Waals surface area contributed by atoms with Gasteiger partial charge in [-0.15, -0.1) is 0 Å². The molecule has 1 N–H and O–H groups in total. The Balaban J connectivity index is 1.76. The molecule has 29 heavy (non-hydrogen) atoms. The van der Waals surface area contributed by atoms with Crippen molar-refractivity contribution >= 4 is 0 Å². The van der Waals surface area contributed by atoms with Crippen molar-refractivity contribution in [2.75, 3.05) is 0 Å². The van der Waals surface area contributed by atoms with Crippen molar-refractivity contribution in [2.24, 2.45) is 35.0 Å². The maximum atomic E-state index is 10.0. The van der Waals surface area contributed by atoms with Crippen molar-refractivity contribution < 1.29 is 5.11 Å². The number of hydrogen-bond donors (Lipinski definition) is 1. The largest absolute Gasteiger partial charge is 0.392 e. The van der Waals surface area contributed by atoms with Crippen molar-refractivity contribution in [3.63, 3.8) is 0 Å². The third-order valence-electron chi connectivity index (χ3n) is 8.60. The fraction of sp³-hybridized carbons (Fsp3) is 0.714. The minimum atomic E-state index is -0.197. The lowest BCUT2D eigenvalue weighted by atomic mass is 9.61. The van der Waals surface area contributed by atoms with Gasteiger partial charge < -0.3 is 5.11 Å². The third-order valence-corrected chi connectivity index (χ3v) is 8.60. The molecule has 0 aliphatic heterocycles. The van der Waals surface area contributed by atoms with E-state index in [1.807, 2.05) is 0 Å². The number of aliphatic hydroxyl groups is 1. The third kappa shape index (κ3) is 4.98. The normalized spacial score (nSPS) is 37.9. The Morgan fingerprint density at radius 2 is 1.86 bits per heavy atom. The van der Waals surface area contributed by atoms with E-state index in [1.54, 1.807) is 5.57 Å². The second-order valence-electron chi connectivity index (χ2n) is 10.9. The molecule has 2 fully saturated rings. The summed E-state index contributed by atoms with van der Waals surface area (Å²) in [6.07, 6.45) is 20.1. The van der Waals surface area contributed by atoms with Crippen LogP contribution in [0.25, 0.3) is 0 Å². The Labute approximate surface area is 180 Å². The summed E-state index contributed by atoms with van der Waals surface area (Å²) in [6.45, 7) is 14.2. The maximum absolute atomic E-state index is 10.0. The van der Waals surface area contributed by atoms with Crippen LogP contribution in [-0.2, 0) is 0 Å². The van der Waals surface area contributed by atoms with Gasteiger partial charge in [0.05, 0.1) is 6.10 Å². The highest BCUT2D eigenvalue weighted by atomic mass is 16.3. The van der Waals surface area contributed by atoms with Crippen LogP contribution >= 0.6 is 0 Å². The van der Waals surface area contributed by atoms with Crippen LogP contribution in [0.2, 0.25) is 0 Å². The molecule has 6 atom stereocenters. The molecule has 0 aromatic rings. The highest BCUT2D eigenvalue weighted by molar-refractivity contribution is 5.37. The van der Waals surface area contributed by atoms with Gasteiger partial charge in [-0.25, -0.2) is 0 Å². The van der Waals surface area contributed by atoms with Gasteiger partial charge in [0, 0.05) is 0 Å². The van der Waals surface area contributed by atoms with E-state index in [-0.39, 0.29) is 6.10 Å². The molecule has 0 radical (unpaired) electrons. The van der Waals surface area contributed by atoms with Crippen molar-refractivity contribution in [3.8, 4) is 0 Å². The average Bonchev–Trinajstić information content (AvgIpc) is 3.04. The van der Waals surface area contributed by atoms with Crippen LogP contribution in [0.5, 0.6) is 0 Å². The standard InChI is InChI=1S/C28H44O/c1-19(2)20(3)9-10-22(5)26-15-16-27-23(8-7-17-28(26,27)6)12-13-24-18-25(29)14-11-21(24)4/h9-13,19-20,22,25-27,29H,7-8,14-18H2,1-6H3/b10-9+,23-12+,24-13-/t20-,22+,25-,26+,27-,28+/m0/s1. The van der Waals surface area contributed by atoms with Crippen LogP contribution < -0.4 is 0 Å². The molecule has 3 aliphatic carbocycles. The summed E-state index contributed by atoms with van der Waals surface area (Å²) in [5, 5.41) is 10.0. The summed E-state index contributed by atoms with van der Waals surface area (Å²) in [7, 11) is 0. The average molecular weight is 397 g/mol. The van der Waals surface area contributed by atoms with Crippen LogP contribution in [0.1, 0.15) is 86.5 Å². The first kappa shape index (κ1) is 22.6. The molecule has 2 saturated carbocycles. The minimum absolute atomic E-state index is 0.197. The molecule has 162 valence electrons. The Kier molecular flexibility index (Phi) is 7.31. The molecule has 0 heterocycles. The predicted molar refractivity (Wildman–Crippen MR) is 126 cm³/mol. The Morgan fingerprint density at radius 1 is 1.10 bits per heavy atom. The van der Waals surface area contributed by atoms with E-state index >= 15 is 0 Å². The molecule has 0 saturated heterocycles. The van der Waals surface area contributed by atoms with E-state index in [2.05, 4.69) is 71.9 Å². The van der Waals surface area contributed by atoms with E-state index in [4.69, 9.17) is 0 Å². The SMILES string of the molecule is CC1=CC[C@H](O)C/C1=C/C=C1\CCC[C@]2(C)[C@@H]([C@H](C)/C=C/[C@H](C)C(C)C)CC[C@@H]12. The van der Waals surface area contributed by atoms with Gasteiger partial charge >= 0.3 is 0 Å². The van der Waals surface area contributed by atoms with Gasteiger partial charge in [0.1, 0.15) is 0 Å². The molecule has 0 amide bonds. The van der Waals surface area contributed by atoms with Gasteiger partial charge in [-0.1, -0.05) is 76.1 Å². The van der Waals surface area contributed by atoms with Crippen molar-refractivity contribution in [1.29, 1.82) is 0 Å². The first-order valence-electron chi connectivity index (χ1n) is 12.2. The minimum Gasteiger partial charge on any atom is -0.392 e. The first-order valence-corrected chi connectivity index (χ1v) is 12.2. The molecule has 0 aromatic heterocycles. The van der Waals surface area contributed by atoms with Crippen LogP contribution in [-0.4, -0.2) is 11.2 Å². The lowest BCUT2D eigenvalue weighted by molar-refractivity contribution is 0.112. The van der Waals surface area contributed by atoms with Crippen molar-refractivity contribution in [2.45, 2.75) is 92.6 Å². The highest BCUT2D eigenvalue weighted by Crippen LogP contribution is 2.59. The molecule has 0 aromatic carbocycles. The molecule has 1 nitrogen and oxygen atoms in total. The topological polar surface area (TPSA) is 20.2 Å². The summed E-state index contributed by atoms with van der Waals surface area (Å²) < 4.78 is 0. The second kappa shape index (κ2) is 9.38. The molecule has 0 spiro atoms. The van der Waals surface area contributed by atoms with Crippen molar-refractivity contribution in [3.05, 3.63) is 47.1 Å². The van der Waals surface area contributed by atoms with E-state index in [1.165, 1.54) is 43.3 Å². The molecule has 0 unspecified atom stereocenters. The number of allylic oxidation sites excluding steroid dienone is 6. The van der Waals surface area contributed by atoms with Gasteiger partial charge in [0.2, 0.25) is 0 Å². The Hall–Kier alpha value is -1.08. The van der Waals surface area contributed by atoms with E-state index in [9.17, 15) is 5.11 Å². The van der Waals surface area contributed by atoms with Gasteiger partial charge in [-0.05, 0) is 92.4 Å². The van der Waals surface area contributed by atoms with E-state index in [0.717, 1.165) is 30.6 Å². The number of aliphatic hydroxyl groups excluding tert-OH is 1. The quantitative estimate of drug-likeness (QED) is 0.473. The summed E-state index contributed by atoms with van der Waals surface area (Å²) >= 11 is 0. The second-order valence-corrected chi connectivity index (χ2v) is 10.9. The highest BCUT2D eigenvalue weighted by Gasteiger charge is 2.50. The molecule has 1 heteroatoms. The van der Waals surface area contributed by atoms with Gasteiger partial charge in [0.15, 0.2) is 0 Å². The molecule has 0 bridgehead atoms. The van der Waals surface area contributed by atoms with Gasteiger partial charge in [0.25, 0.3) is 0 Å². The van der Waals surface area contributed by atoms with Gasteiger partial charge in [-0.3, -0.25) is 0 Å². The smallest absolute Gasteiger partial charge is 0.0615 e. The first-order chi connectivity index (χ1) is 13.7. The summed E-state index contributed by atoms with van der Waals surface area (Å²) in [6, 6.07) is 0. The monoisotopic (exact) mass is 396 g/mol. The molecule has 3 rings (SSSR count). The fourth-order valence-corrected chi connectivity index (χ4v) is 6.20. The molecule has 3 aliphatic rings. The lowest BCUT2D eigenvalue weighted by Crippen LogP contribution is -2.35. The van der Waals surface area contributed by atoms with Crippen LogP contribution in [0.4, 0.5) is 0 Å². The summed E-state index contributed by atoms with van der Waals surface area (Å²) in [4.78, 5) is 0. The molecular formula is C28H44O. The zero-order valence-electron chi connectivity index (χ0n) is 19.7. The number of hydrogen-bond acceptors (Lipinski definition) is 1. The van der Waals surface area contributed by atoms with Crippen LogP contribution in [0.3, 0.4) is 0 Å². The van der Waals surface area contributed by atoms with Crippen LogP contribution in [0.15, 0.2) is 47.1 Å². The van der Waals surface area contributed by atoms with Crippen molar-refractivity contribution in [1.82, 2.24) is 0 Å². The maximum Gasteiger partial charge on any atom is 0.0615 e. The molecular weight excluding hydrogens is 352 g/mol. The number of rotatable bonds is 5. The van der Waals surface area contributed by atoms with Crippen LogP contribution in [0, 0.1) is 35.0 Å². The zero-order valence-corrected chi connectivity index (χ0v) is 19.7. The number of fused-ring (bicyclic) bond motifs is 1. The lowest BCUT2D eigenvalue weighted by Gasteiger charge is -2.44. The van der Waals surface area contributed by atoms with E-state index in [0.29, 0.717) is 17.3 Å². The van der Waals surface area contributed by atoms with E-state index < -0.39 is 0 Å². The fourth-order valence-electron chi connectivity index (χ4n) is 6.20. The Morgan fingerprint density at radius 3 is 2.59 bits per heavy atom. The predicted octanol–water partition coefficient (Wildman–Crippen LogP) is 7.64. The Bertz CT molecular complexity index is 691.